The Balaban J connectivity index is 1.66. The molecule has 2 aromatic rings. The number of nitrogens with one attached hydrogen (secondary N) is 1. The van der Waals surface area contributed by atoms with Crippen molar-refractivity contribution in [2.45, 2.75) is 52.1 Å². The van der Waals surface area contributed by atoms with Crippen LogP contribution in [0.2, 0.25) is 0 Å². The number of allylic oxidation sites excluding steroid dienone is 1. The molecule has 1 unspecified atom stereocenters. The molecule has 2 amide bonds. The summed E-state index contributed by atoms with van der Waals surface area (Å²) in [6.07, 6.45) is 8.83. The lowest BCUT2D eigenvalue weighted by molar-refractivity contribution is -0.131. The molecule has 1 aliphatic rings. The van der Waals surface area contributed by atoms with E-state index in [1.54, 1.807) is 10.9 Å². The molecule has 7 nitrogen and oxygen atoms in total. The number of anilines is 1. The molecular weight excluding hydrogens is 362 g/mol. The van der Waals surface area contributed by atoms with Crippen molar-refractivity contribution in [2.75, 3.05) is 11.9 Å². The van der Waals surface area contributed by atoms with Gasteiger partial charge >= 0.3 is 0 Å². The Morgan fingerprint density at radius 1 is 1.41 bits per heavy atom. The third-order valence-corrected chi connectivity index (χ3v) is 5.70. The summed E-state index contributed by atoms with van der Waals surface area (Å²) in [7, 11) is 0. The molecule has 1 N–H and O–H groups in total. The number of nitrogens with zero attached hydrogens (tertiary/aromatic N) is 4. The zero-order valence-corrected chi connectivity index (χ0v) is 16.5. The summed E-state index contributed by atoms with van der Waals surface area (Å²) in [6.45, 7) is 5.52. The van der Waals surface area contributed by atoms with Crippen LogP contribution in [-0.2, 0) is 11.3 Å². The van der Waals surface area contributed by atoms with Gasteiger partial charge in [-0.15, -0.1) is 16.4 Å². The summed E-state index contributed by atoms with van der Waals surface area (Å²) in [5.74, 6) is 0.398. The van der Waals surface area contributed by atoms with Crippen molar-refractivity contribution >= 4 is 29.0 Å². The first kappa shape index (κ1) is 19.3. The molecule has 27 heavy (non-hydrogen) atoms. The Kier molecular flexibility index (Phi) is 6.39. The van der Waals surface area contributed by atoms with Crippen molar-refractivity contribution in [2.24, 2.45) is 0 Å². The van der Waals surface area contributed by atoms with Crippen LogP contribution >= 0.6 is 11.3 Å². The van der Waals surface area contributed by atoms with Crippen molar-refractivity contribution in [1.82, 2.24) is 19.9 Å². The second kappa shape index (κ2) is 8.94. The van der Waals surface area contributed by atoms with Crippen LogP contribution in [0.4, 0.5) is 5.82 Å². The monoisotopic (exact) mass is 387 g/mol. The Morgan fingerprint density at radius 2 is 2.26 bits per heavy atom. The molecule has 1 fully saturated rings. The molecule has 3 rings (SSSR count). The minimum Gasteiger partial charge on any atom is -0.335 e. The molecule has 1 atom stereocenters. The van der Waals surface area contributed by atoms with Crippen molar-refractivity contribution in [3.05, 3.63) is 40.2 Å². The maximum absolute atomic E-state index is 12.5. The number of aromatic nitrogens is 3. The maximum atomic E-state index is 12.5. The zero-order valence-electron chi connectivity index (χ0n) is 15.7. The maximum Gasteiger partial charge on any atom is 0.266 e. The Morgan fingerprint density at radius 3 is 3.04 bits per heavy atom. The summed E-state index contributed by atoms with van der Waals surface area (Å²) in [5.41, 5.74) is 0. The van der Waals surface area contributed by atoms with Crippen LogP contribution < -0.4 is 5.32 Å². The van der Waals surface area contributed by atoms with Crippen LogP contribution in [-0.4, -0.2) is 38.3 Å². The van der Waals surface area contributed by atoms with E-state index in [2.05, 4.69) is 22.6 Å². The van der Waals surface area contributed by atoms with Gasteiger partial charge in [0.2, 0.25) is 5.91 Å². The fraction of sp³-hybridized carbons (Fsp3) is 0.474. The highest BCUT2D eigenvalue weighted by atomic mass is 32.1. The molecule has 0 bridgehead atoms. The Labute approximate surface area is 163 Å². The fourth-order valence-corrected chi connectivity index (χ4v) is 4.27. The first-order valence-corrected chi connectivity index (χ1v) is 10.2. The third kappa shape index (κ3) is 4.63. The molecule has 1 aliphatic heterocycles. The molecular formula is C19H25N5O2S. The molecule has 0 aromatic carbocycles. The number of thiophene rings is 1. The van der Waals surface area contributed by atoms with Gasteiger partial charge in [0.15, 0.2) is 5.82 Å². The van der Waals surface area contributed by atoms with Crippen LogP contribution in [0.15, 0.2) is 30.5 Å². The van der Waals surface area contributed by atoms with E-state index in [0.717, 1.165) is 37.2 Å². The van der Waals surface area contributed by atoms with Crippen molar-refractivity contribution in [3.8, 4) is 0 Å². The van der Waals surface area contributed by atoms with Crippen LogP contribution in [0.1, 0.15) is 60.1 Å². The van der Waals surface area contributed by atoms with E-state index in [9.17, 15) is 9.59 Å². The average molecular weight is 388 g/mol. The smallest absolute Gasteiger partial charge is 0.266 e. The first-order valence-electron chi connectivity index (χ1n) is 9.34. The topological polar surface area (TPSA) is 80.1 Å². The number of amides is 2. The predicted molar refractivity (Wildman–Crippen MR) is 106 cm³/mol. The lowest BCUT2D eigenvalue weighted by atomic mass is 10.2. The van der Waals surface area contributed by atoms with E-state index in [4.69, 9.17) is 0 Å². The van der Waals surface area contributed by atoms with Gasteiger partial charge in [-0.05, 0) is 38.3 Å². The van der Waals surface area contributed by atoms with Gasteiger partial charge in [0.25, 0.3) is 5.91 Å². The van der Waals surface area contributed by atoms with Gasteiger partial charge in [-0.3, -0.25) is 14.3 Å². The highest BCUT2D eigenvalue weighted by molar-refractivity contribution is 7.14. The van der Waals surface area contributed by atoms with Gasteiger partial charge < -0.3 is 10.2 Å². The van der Waals surface area contributed by atoms with Gasteiger partial charge in [0.1, 0.15) is 0 Å². The molecule has 8 heteroatoms. The van der Waals surface area contributed by atoms with E-state index in [-0.39, 0.29) is 17.9 Å². The van der Waals surface area contributed by atoms with Crippen LogP contribution in [0.5, 0.6) is 0 Å². The summed E-state index contributed by atoms with van der Waals surface area (Å²) in [5, 5.41) is 10.7. The van der Waals surface area contributed by atoms with E-state index >= 15 is 0 Å². The van der Waals surface area contributed by atoms with Crippen LogP contribution in [0.3, 0.4) is 0 Å². The number of carbonyl (C=O) groups is 2. The van der Waals surface area contributed by atoms with E-state index in [0.29, 0.717) is 17.1 Å². The standard InChI is InChI=1S/C19H25N5O2S/c1-3-5-8-18(25)24-12-6-7-14(24)15-9-10-16(27-15)19(26)20-17-13-23(11-4-2)22-21-17/h3,5,9-10,13-14H,4,6-8,11-12H2,1-2H3,(H,20,26)/b5-3+. The van der Waals surface area contributed by atoms with Crippen molar-refractivity contribution in [1.29, 1.82) is 0 Å². The second-order valence-electron chi connectivity index (χ2n) is 6.54. The number of hydrogen-bond acceptors (Lipinski definition) is 5. The number of carbonyl (C=O) groups excluding carboxylic acids is 2. The van der Waals surface area contributed by atoms with Crippen molar-refractivity contribution in [3.63, 3.8) is 0 Å². The summed E-state index contributed by atoms with van der Waals surface area (Å²) in [6, 6.07) is 3.85. The average Bonchev–Trinajstić information content (AvgIpc) is 3.39. The lowest BCUT2D eigenvalue weighted by Gasteiger charge is -2.23. The minimum absolute atomic E-state index is 0.0692. The predicted octanol–water partition coefficient (Wildman–Crippen LogP) is 3.63. The number of likely N-dealkylation sites (tertiary alicyclic amines) is 1. The first-order chi connectivity index (χ1) is 13.1. The van der Waals surface area contributed by atoms with Gasteiger partial charge in [0, 0.05) is 24.4 Å². The lowest BCUT2D eigenvalue weighted by Crippen LogP contribution is -2.29. The van der Waals surface area contributed by atoms with Gasteiger partial charge in [0.05, 0.1) is 17.1 Å². The molecule has 144 valence electrons. The van der Waals surface area contributed by atoms with Gasteiger partial charge in [-0.1, -0.05) is 24.3 Å². The second-order valence-corrected chi connectivity index (χ2v) is 7.66. The molecule has 0 saturated carbocycles. The van der Waals surface area contributed by atoms with Gasteiger partial charge in [-0.25, -0.2) is 0 Å². The molecule has 0 radical (unpaired) electrons. The molecule has 0 aliphatic carbocycles. The zero-order chi connectivity index (χ0) is 19.2. The molecule has 1 saturated heterocycles. The fourth-order valence-electron chi connectivity index (χ4n) is 3.22. The minimum atomic E-state index is -0.195. The molecule has 2 aromatic heterocycles. The molecule has 0 spiro atoms. The molecule has 3 heterocycles. The summed E-state index contributed by atoms with van der Waals surface area (Å²) < 4.78 is 1.71. The van der Waals surface area contributed by atoms with E-state index < -0.39 is 0 Å². The number of hydrogen-bond donors (Lipinski definition) is 1. The van der Waals surface area contributed by atoms with Crippen LogP contribution in [0, 0.1) is 0 Å². The van der Waals surface area contributed by atoms with Gasteiger partial charge in [-0.2, -0.15) is 0 Å². The van der Waals surface area contributed by atoms with Crippen LogP contribution in [0.25, 0.3) is 0 Å². The van der Waals surface area contributed by atoms with E-state index in [1.807, 2.05) is 36.1 Å². The Bertz CT molecular complexity index is 826. The SMILES string of the molecule is C/C=C/CC(=O)N1CCCC1c1ccc(C(=O)Nc2cn(CCC)nn2)s1. The summed E-state index contributed by atoms with van der Waals surface area (Å²) >= 11 is 1.44. The largest absolute Gasteiger partial charge is 0.335 e. The third-order valence-electron chi connectivity index (χ3n) is 4.51. The normalized spacial score (nSPS) is 17.0. The number of aryl methyl sites for hydroxylation is 1. The highest BCUT2D eigenvalue weighted by Gasteiger charge is 2.30. The number of rotatable bonds is 7. The van der Waals surface area contributed by atoms with Crippen molar-refractivity contribution < 1.29 is 9.59 Å². The van der Waals surface area contributed by atoms with E-state index in [1.165, 1.54) is 11.3 Å². The Hall–Kier alpha value is -2.48. The summed E-state index contributed by atoms with van der Waals surface area (Å²) in [4.78, 5) is 28.5. The highest BCUT2D eigenvalue weighted by Crippen LogP contribution is 2.36. The quantitative estimate of drug-likeness (QED) is 0.736.